The van der Waals surface area contributed by atoms with Crippen LogP contribution in [0.15, 0.2) is 12.2 Å². The number of likely N-dealkylation sites (N-methyl/N-ethyl adjacent to an activating group) is 1. The fourth-order valence-electron chi connectivity index (χ4n) is 2.64. The smallest absolute Gasteiger partial charge is 0.0202 e. The average molecular weight is 222 g/mol. The molecule has 0 aromatic carbocycles. The Morgan fingerprint density at radius 3 is 2.50 bits per heavy atom. The lowest BCUT2D eigenvalue weighted by Gasteiger charge is -2.31. The van der Waals surface area contributed by atoms with Crippen molar-refractivity contribution in [1.82, 2.24) is 10.2 Å². The Labute approximate surface area is 100 Å². The highest BCUT2D eigenvalue weighted by molar-refractivity contribution is 5.02. The molecule has 2 rings (SSSR count). The average Bonchev–Trinajstić information content (AvgIpc) is 3.11. The summed E-state index contributed by atoms with van der Waals surface area (Å²) in [7, 11) is 2.26. The molecule has 16 heavy (non-hydrogen) atoms. The van der Waals surface area contributed by atoms with E-state index in [-0.39, 0.29) is 0 Å². The fraction of sp³-hybridized carbons (Fsp3) is 0.857. The molecule has 0 radical (unpaired) electrons. The molecule has 2 heteroatoms. The predicted octanol–water partition coefficient (Wildman–Crippen LogP) is 2.56. The van der Waals surface area contributed by atoms with Crippen LogP contribution in [0.4, 0.5) is 0 Å². The van der Waals surface area contributed by atoms with E-state index < -0.39 is 0 Å². The van der Waals surface area contributed by atoms with Crippen molar-refractivity contribution in [3.63, 3.8) is 0 Å². The van der Waals surface area contributed by atoms with Crippen molar-refractivity contribution in [2.45, 2.75) is 57.0 Å². The van der Waals surface area contributed by atoms with Gasteiger partial charge in [0, 0.05) is 25.2 Å². The number of rotatable bonds is 6. The Hall–Kier alpha value is -0.340. The Balaban J connectivity index is 1.63. The molecule has 0 aromatic rings. The molecule has 1 N–H and O–H groups in total. The molecule has 2 fully saturated rings. The molecule has 0 aromatic heterocycles. The van der Waals surface area contributed by atoms with Crippen molar-refractivity contribution in [3.05, 3.63) is 12.2 Å². The van der Waals surface area contributed by atoms with Gasteiger partial charge in [-0.1, -0.05) is 25.8 Å². The van der Waals surface area contributed by atoms with Crippen molar-refractivity contribution >= 4 is 0 Å². The van der Waals surface area contributed by atoms with Crippen molar-refractivity contribution in [1.29, 1.82) is 0 Å². The van der Waals surface area contributed by atoms with Crippen LogP contribution in [0.3, 0.4) is 0 Å². The first kappa shape index (κ1) is 12.1. The van der Waals surface area contributed by atoms with E-state index in [2.05, 4.69) is 23.8 Å². The van der Waals surface area contributed by atoms with Crippen LogP contribution >= 0.6 is 0 Å². The van der Waals surface area contributed by atoms with E-state index in [1.54, 1.807) is 0 Å². The number of nitrogens with one attached hydrogen (secondary N) is 1. The van der Waals surface area contributed by atoms with E-state index >= 15 is 0 Å². The van der Waals surface area contributed by atoms with Crippen LogP contribution < -0.4 is 5.32 Å². The van der Waals surface area contributed by atoms with E-state index in [1.807, 2.05) is 0 Å². The van der Waals surface area contributed by atoms with Crippen LogP contribution in [0.25, 0.3) is 0 Å². The molecule has 92 valence electrons. The summed E-state index contributed by atoms with van der Waals surface area (Å²) in [5.74, 6) is 0. The van der Waals surface area contributed by atoms with Gasteiger partial charge >= 0.3 is 0 Å². The number of hydrogen-bond donors (Lipinski definition) is 1. The second kappa shape index (κ2) is 5.83. The van der Waals surface area contributed by atoms with E-state index in [0.29, 0.717) is 0 Å². The molecule has 2 aliphatic rings. The molecule has 2 nitrogen and oxygen atoms in total. The van der Waals surface area contributed by atoms with E-state index in [1.165, 1.54) is 50.5 Å². The Morgan fingerprint density at radius 2 is 1.88 bits per heavy atom. The summed E-state index contributed by atoms with van der Waals surface area (Å²) < 4.78 is 0. The van der Waals surface area contributed by atoms with Crippen LogP contribution in [0.2, 0.25) is 0 Å². The fourth-order valence-corrected chi connectivity index (χ4v) is 2.64. The molecule has 2 saturated carbocycles. The standard InChI is InChI=1S/C14H26N2/c1-12(10-15-13-8-9-13)11-16(2)14-6-4-3-5-7-14/h13-15H,1,3-11H2,2H3. The van der Waals surface area contributed by atoms with Crippen LogP contribution in [0, 0.1) is 0 Å². The number of nitrogens with zero attached hydrogens (tertiary/aromatic N) is 1. The summed E-state index contributed by atoms with van der Waals surface area (Å²) in [4.78, 5) is 2.51. The maximum Gasteiger partial charge on any atom is 0.0202 e. The summed E-state index contributed by atoms with van der Waals surface area (Å²) in [6.07, 6.45) is 9.79. The summed E-state index contributed by atoms with van der Waals surface area (Å²) in [5.41, 5.74) is 1.35. The summed E-state index contributed by atoms with van der Waals surface area (Å²) in [6.45, 7) is 6.27. The SMILES string of the molecule is C=C(CNC1CC1)CN(C)C1CCCCC1. The summed E-state index contributed by atoms with van der Waals surface area (Å²) in [6, 6.07) is 1.61. The first-order valence-corrected chi connectivity index (χ1v) is 6.86. The van der Waals surface area contributed by atoms with Gasteiger partial charge in [0.2, 0.25) is 0 Å². The Kier molecular flexibility index (Phi) is 4.42. The van der Waals surface area contributed by atoms with Crippen molar-refractivity contribution < 1.29 is 0 Å². The molecule has 0 aliphatic heterocycles. The third-order valence-corrected chi connectivity index (χ3v) is 3.89. The lowest BCUT2D eigenvalue weighted by atomic mass is 9.94. The monoisotopic (exact) mass is 222 g/mol. The molecule has 0 atom stereocenters. The molecular weight excluding hydrogens is 196 g/mol. The topological polar surface area (TPSA) is 15.3 Å². The van der Waals surface area contributed by atoms with Gasteiger partial charge in [-0.25, -0.2) is 0 Å². The third-order valence-electron chi connectivity index (χ3n) is 3.89. The third kappa shape index (κ3) is 3.91. The molecule has 0 saturated heterocycles. The van der Waals surface area contributed by atoms with E-state index in [4.69, 9.17) is 0 Å². The Bertz CT molecular complexity index is 227. The highest BCUT2D eigenvalue weighted by atomic mass is 15.1. The van der Waals surface area contributed by atoms with Gasteiger partial charge in [0.15, 0.2) is 0 Å². The molecule has 0 heterocycles. The quantitative estimate of drug-likeness (QED) is 0.695. The van der Waals surface area contributed by atoms with Gasteiger partial charge in [-0.05, 0) is 38.3 Å². The maximum atomic E-state index is 4.19. The largest absolute Gasteiger partial charge is 0.310 e. The normalized spacial score (nSPS) is 22.6. The molecule has 0 unspecified atom stereocenters. The van der Waals surface area contributed by atoms with Gasteiger partial charge in [0.25, 0.3) is 0 Å². The first-order chi connectivity index (χ1) is 7.75. The second-order valence-electron chi connectivity index (χ2n) is 5.61. The van der Waals surface area contributed by atoms with Crippen molar-refractivity contribution in [2.75, 3.05) is 20.1 Å². The zero-order valence-electron chi connectivity index (χ0n) is 10.7. The minimum absolute atomic E-state index is 0.803. The van der Waals surface area contributed by atoms with Crippen LogP contribution in [-0.4, -0.2) is 37.1 Å². The summed E-state index contributed by atoms with van der Waals surface area (Å²) in [5, 5.41) is 3.54. The van der Waals surface area contributed by atoms with Crippen molar-refractivity contribution in [3.8, 4) is 0 Å². The lowest BCUT2D eigenvalue weighted by molar-refractivity contribution is 0.204. The van der Waals surface area contributed by atoms with E-state index in [0.717, 1.165) is 25.2 Å². The van der Waals surface area contributed by atoms with Crippen LogP contribution in [-0.2, 0) is 0 Å². The lowest BCUT2D eigenvalue weighted by Crippen LogP contribution is -2.36. The minimum Gasteiger partial charge on any atom is -0.310 e. The van der Waals surface area contributed by atoms with Gasteiger partial charge < -0.3 is 5.32 Å². The summed E-state index contributed by atoms with van der Waals surface area (Å²) >= 11 is 0. The van der Waals surface area contributed by atoms with Gasteiger partial charge in [-0.3, -0.25) is 4.90 Å². The molecule has 0 amide bonds. The highest BCUT2D eigenvalue weighted by Gasteiger charge is 2.21. The first-order valence-electron chi connectivity index (χ1n) is 6.86. The van der Waals surface area contributed by atoms with Crippen LogP contribution in [0.5, 0.6) is 0 Å². The van der Waals surface area contributed by atoms with Gasteiger partial charge in [-0.15, -0.1) is 0 Å². The second-order valence-corrected chi connectivity index (χ2v) is 5.61. The van der Waals surface area contributed by atoms with Crippen LogP contribution in [0.1, 0.15) is 44.9 Å². The van der Waals surface area contributed by atoms with Gasteiger partial charge in [0.05, 0.1) is 0 Å². The molecular formula is C14H26N2. The molecule has 2 aliphatic carbocycles. The number of hydrogen-bond acceptors (Lipinski definition) is 2. The van der Waals surface area contributed by atoms with Gasteiger partial charge in [0.1, 0.15) is 0 Å². The molecule has 0 spiro atoms. The van der Waals surface area contributed by atoms with Gasteiger partial charge in [-0.2, -0.15) is 0 Å². The zero-order valence-corrected chi connectivity index (χ0v) is 10.7. The zero-order chi connectivity index (χ0) is 11.4. The highest BCUT2D eigenvalue weighted by Crippen LogP contribution is 2.22. The van der Waals surface area contributed by atoms with Crippen molar-refractivity contribution in [2.24, 2.45) is 0 Å². The molecule has 0 bridgehead atoms. The van der Waals surface area contributed by atoms with E-state index in [9.17, 15) is 0 Å². The predicted molar refractivity (Wildman–Crippen MR) is 69.7 cm³/mol. The minimum atomic E-state index is 0.803. The Morgan fingerprint density at radius 1 is 1.19 bits per heavy atom. The maximum absolute atomic E-state index is 4.19.